The van der Waals surface area contributed by atoms with Gasteiger partial charge in [0, 0.05) is 29.1 Å². The molecule has 1 unspecified atom stereocenters. The van der Waals surface area contributed by atoms with Crippen molar-refractivity contribution < 1.29 is 45.8 Å². The molecule has 2 heterocycles. The lowest BCUT2D eigenvalue weighted by atomic mass is 9.96. The fourth-order valence-corrected chi connectivity index (χ4v) is 5.98. The molecular weight excluding hydrogens is 579 g/mol. The minimum absolute atomic E-state index is 0.00966. The SMILES string of the molecule is CC(C)c1cc(OCCCC(=O)O)cc2c1C(=O)N(C(Oc1cc(C(F)(F)F)[nH]n1)c1ccccc1Cl)S2(=O)=O. The van der Waals surface area contributed by atoms with Crippen LogP contribution in [0.15, 0.2) is 47.4 Å². The van der Waals surface area contributed by atoms with Gasteiger partial charge in [0.15, 0.2) is 0 Å². The zero-order chi connectivity index (χ0) is 29.4. The largest absolute Gasteiger partial charge is 0.494 e. The predicted octanol–water partition coefficient (Wildman–Crippen LogP) is 5.37. The third-order valence-corrected chi connectivity index (χ3v) is 8.06. The zero-order valence-electron chi connectivity index (χ0n) is 21.0. The smallest absolute Gasteiger partial charge is 0.432 e. The fraction of sp³-hybridized carbons (Fsp3) is 0.320. The maximum absolute atomic E-state index is 13.9. The van der Waals surface area contributed by atoms with E-state index in [1.54, 1.807) is 25.0 Å². The highest BCUT2D eigenvalue weighted by molar-refractivity contribution is 7.90. The number of fused-ring (bicyclic) bond motifs is 1. The lowest BCUT2D eigenvalue weighted by Gasteiger charge is -2.27. The molecule has 0 fully saturated rings. The number of aromatic amines is 1. The van der Waals surface area contributed by atoms with Gasteiger partial charge < -0.3 is 14.6 Å². The number of benzene rings is 2. The number of aromatic nitrogens is 2. The molecule has 4 rings (SSSR count). The van der Waals surface area contributed by atoms with Crippen LogP contribution in [-0.2, 0) is 21.0 Å². The number of hydrogen-bond donors (Lipinski definition) is 2. The molecule has 2 N–H and O–H groups in total. The summed E-state index contributed by atoms with van der Waals surface area (Å²) in [5.41, 5.74) is -1.07. The number of sulfonamides is 1. The number of carbonyl (C=O) groups excluding carboxylic acids is 1. The van der Waals surface area contributed by atoms with Crippen molar-refractivity contribution in [2.75, 3.05) is 6.61 Å². The Labute approximate surface area is 231 Å². The van der Waals surface area contributed by atoms with E-state index in [9.17, 15) is 31.2 Å². The van der Waals surface area contributed by atoms with Crippen LogP contribution < -0.4 is 9.47 Å². The van der Waals surface area contributed by atoms with Crippen molar-refractivity contribution in [1.29, 1.82) is 0 Å². The Balaban J connectivity index is 1.80. The van der Waals surface area contributed by atoms with Crippen LogP contribution in [0.2, 0.25) is 5.02 Å². The Morgan fingerprint density at radius 1 is 1.18 bits per heavy atom. The number of rotatable bonds is 10. The number of H-pyrrole nitrogens is 1. The van der Waals surface area contributed by atoms with Crippen LogP contribution in [0, 0.1) is 0 Å². The van der Waals surface area contributed by atoms with Crippen LogP contribution in [0.5, 0.6) is 11.6 Å². The number of alkyl halides is 3. The first-order valence-electron chi connectivity index (χ1n) is 11.9. The number of nitrogens with one attached hydrogen (secondary N) is 1. The maximum atomic E-state index is 13.9. The minimum atomic E-state index is -4.78. The number of amides is 1. The molecular formula is C25H23ClF3N3O7S. The Morgan fingerprint density at radius 2 is 1.88 bits per heavy atom. The average Bonchev–Trinajstić information content (AvgIpc) is 3.41. The summed E-state index contributed by atoms with van der Waals surface area (Å²) in [6.07, 6.45) is -6.60. The van der Waals surface area contributed by atoms with E-state index in [0.717, 1.165) is 6.07 Å². The number of ether oxygens (including phenoxy) is 2. The molecule has 40 heavy (non-hydrogen) atoms. The zero-order valence-corrected chi connectivity index (χ0v) is 22.6. The number of carboxylic acid groups (broad SMARTS) is 1. The monoisotopic (exact) mass is 601 g/mol. The van der Waals surface area contributed by atoms with E-state index in [2.05, 4.69) is 5.10 Å². The van der Waals surface area contributed by atoms with Crippen LogP contribution >= 0.6 is 11.6 Å². The number of carboxylic acids is 1. The van der Waals surface area contributed by atoms with Crippen LogP contribution in [0.3, 0.4) is 0 Å². The van der Waals surface area contributed by atoms with Crippen molar-refractivity contribution in [2.45, 2.75) is 49.9 Å². The van der Waals surface area contributed by atoms with Crippen molar-refractivity contribution in [2.24, 2.45) is 0 Å². The van der Waals surface area contributed by atoms with Gasteiger partial charge in [0.2, 0.25) is 12.1 Å². The average molecular weight is 602 g/mol. The molecule has 0 saturated carbocycles. The molecule has 3 aromatic rings. The lowest BCUT2D eigenvalue weighted by molar-refractivity contribution is -0.141. The van der Waals surface area contributed by atoms with Gasteiger partial charge in [-0.25, -0.2) is 8.42 Å². The number of aliphatic carboxylic acids is 1. The standard InChI is InChI=1S/C25H23ClF3N3O7S/c1-13(2)16-10-14(38-9-5-8-21(33)34)11-18-22(16)23(35)32(40(18,36)37)24(15-6-3-4-7-17(15)26)39-20-12-19(30-31-20)25(27,28)29/h3-4,6-7,10-13,24H,5,8-9H2,1-2H3,(H,30,31)(H,33,34). The van der Waals surface area contributed by atoms with Crippen LogP contribution in [0.1, 0.15) is 66.0 Å². The van der Waals surface area contributed by atoms with Gasteiger partial charge in [-0.05, 0) is 30.0 Å². The van der Waals surface area contributed by atoms with Gasteiger partial charge in [0.25, 0.3) is 15.9 Å². The number of nitrogens with zero attached hydrogens (tertiary/aromatic N) is 2. The van der Waals surface area contributed by atoms with Gasteiger partial charge >= 0.3 is 12.1 Å². The molecule has 2 aromatic carbocycles. The van der Waals surface area contributed by atoms with Gasteiger partial charge in [-0.2, -0.15) is 17.5 Å². The first kappa shape index (κ1) is 29.2. The highest BCUT2D eigenvalue weighted by Gasteiger charge is 2.49. The first-order valence-corrected chi connectivity index (χ1v) is 13.7. The maximum Gasteiger partial charge on any atom is 0.432 e. The van der Waals surface area contributed by atoms with E-state index >= 15 is 0 Å². The highest BCUT2D eigenvalue weighted by Crippen LogP contribution is 2.44. The summed E-state index contributed by atoms with van der Waals surface area (Å²) in [7, 11) is -4.66. The summed E-state index contributed by atoms with van der Waals surface area (Å²) in [6, 6.07) is 8.99. The van der Waals surface area contributed by atoms with E-state index in [0.29, 0.717) is 15.9 Å². The normalized spacial score (nSPS) is 15.3. The highest BCUT2D eigenvalue weighted by atomic mass is 35.5. The molecule has 1 aromatic heterocycles. The molecule has 15 heteroatoms. The van der Waals surface area contributed by atoms with Crippen molar-refractivity contribution in [1.82, 2.24) is 14.5 Å². The second kappa shape index (κ2) is 11.0. The molecule has 1 amide bonds. The molecule has 0 radical (unpaired) electrons. The fourth-order valence-electron chi connectivity index (χ4n) is 4.09. The second-order valence-electron chi connectivity index (χ2n) is 9.10. The van der Waals surface area contributed by atoms with Crippen LogP contribution in [0.4, 0.5) is 13.2 Å². The predicted molar refractivity (Wildman–Crippen MR) is 135 cm³/mol. The van der Waals surface area contributed by atoms with Gasteiger partial charge in [-0.15, -0.1) is 5.10 Å². The van der Waals surface area contributed by atoms with E-state index in [-0.39, 0.29) is 47.3 Å². The summed E-state index contributed by atoms with van der Waals surface area (Å²) in [4.78, 5) is 24.2. The van der Waals surface area contributed by atoms with Gasteiger partial charge in [-0.3, -0.25) is 14.7 Å². The third kappa shape index (κ3) is 5.72. The van der Waals surface area contributed by atoms with Crippen LogP contribution in [-0.4, -0.2) is 46.5 Å². The summed E-state index contributed by atoms with van der Waals surface area (Å²) < 4.78 is 78.8. The quantitative estimate of drug-likeness (QED) is 0.296. The Bertz CT molecular complexity index is 1560. The molecule has 0 aliphatic carbocycles. The Hall–Kier alpha value is -3.78. The van der Waals surface area contributed by atoms with Gasteiger partial charge in [0.05, 0.1) is 12.2 Å². The topological polar surface area (TPSA) is 139 Å². The molecule has 0 spiro atoms. The van der Waals surface area contributed by atoms with Crippen LogP contribution in [0.25, 0.3) is 0 Å². The van der Waals surface area contributed by atoms with E-state index in [1.807, 2.05) is 0 Å². The van der Waals surface area contributed by atoms with Crippen molar-refractivity contribution in [3.05, 3.63) is 69.9 Å². The number of carbonyl (C=O) groups is 2. The number of hydrogen-bond acceptors (Lipinski definition) is 7. The van der Waals surface area contributed by atoms with E-state index in [4.69, 9.17) is 26.2 Å². The molecule has 214 valence electrons. The molecule has 1 atom stereocenters. The van der Waals surface area contributed by atoms with Gasteiger partial charge in [0.1, 0.15) is 16.3 Å². The van der Waals surface area contributed by atoms with Crippen molar-refractivity contribution >= 4 is 33.5 Å². The van der Waals surface area contributed by atoms with E-state index in [1.165, 1.54) is 24.3 Å². The summed E-state index contributed by atoms with van der Waals surface area (Å²) in [5, 5.41) is 14.1. The molecule has 0 saturated heterocycles. The van der Waals surface area contributed by atoms with Crippen molar-refractivity contribution in [3.8, 4) is 11.6 Å². The van der Waals surface area contributed by atoms with E-state index < -0.39 is 50.8 Å². The molecule has 0 bridgehead atoms. The van der Waals surface area contributed by atoms with Gasteiger partial charge in [-0.1, -0.05) is 43.6 Å². The second-order valence-corrected chi connectivity index (χ2v) is 11.3. The molecule has 10 nitrogen and oxygen atoms in total. The van der Waals surface area contributed by atoms with Crippen molar-refractivity contribution in [3.63, 3.8) is 0 Å². The Morgan fingerprint density at radius 3 is 2.48 bits per heavy atom. The Kier molecular flexibility index (Phi) is 8.04. The summed E-state index contributed by atoms with van der Waals surface area (Å²) in [5.74, 6) is -2.87. The molecule has 1 aliphatic rings. The summed E-state index contributed by atoms with van der Waals surface area (Å²) >= 11 is 6.31. The lowest BCUT2D eigenvalue weighted by Crippen LogP contribution is -2.37. The number of halogens is 4. The third-order valence-electron chi connectivity index (χ3n) is 5.96. The molecule has 1 aliphatic heterocycles. The summed E-state index contributed by atoms with van der Waals surface area (Å²) in [6.45, 7) is 3.44. The first-order chi connectivity index (χ1) is 18.7. The minimum Gasteiger partial charge on any atom is -0.494 e.